The molecular weight excluding hydrogens is 266 g/mol. The van der Waals surface area contributed by atoms with Crippen LogP contribution in [0.4, 0.5) is 0 Å². The molecule has 2 aromatic rings. The first kappa shape index (κ1) is 14.3. The van der Waals surface area contributed by atoms with E-state index in [9.17, 15) is 9.26 Å². The number of primary amides is 1. The second kappa shape index (κ2) is 7.52. The van der Waals surface area contributed by atoms with E-state index in [4.69, 9.17) is 16.8 Å². The molecule has 0 saturated heterocycles. The standard InChI is InChI=1S/C7H7NO.C6H5ClOSi/c8-7(9)6-4-2-1-3-5-6;7-9(8)6-4-2-1-3-5-6/h1-5H,(H2,8,9);1-5H. The van der Waals surface area contributed by atoms with Crippen LogP contribution < -0.4 is 10.9 Å². The van der Waals surface area contributed by atoms with Gasteiger partial charge in [-0.1, -0.05) is 59.6 Å². The number of benzene rings is 2. The summed E-state index contributed by atoms with van der Waals surface area (Å²) >= 11 is 5.35. The van der Waals surface area contributed by atoms with E-state index in [1.165, 1.54) is 0 Å². The summed E-state index contributed by atoms with van der Waals surface area (Å²) in [6.45, 7) is 0. The van der Waals surface area contributed by atoms with Crippen molar-refractivity contribution in [2.75, 3.05) is 0 Å². The number of halogens is 1. The van der Waals surface area contributed by atoms with Gasteiger partial charge in [0.25, 0.3) is 0 Å². The molecule has 92 valence electrons. The van der Waals surface area contributed by atoms with Crippen molar-refractivity contribution >= 4 is 30.2 Å². The Hall–Kier alpha value is -1.78. The molecule has 1 amide bonds. The molecule has 0 saturated carbocycles. The lowest BCUT2D eigenvalue weighted by Crippen LogP contribution is -2.12. The summed E-state index contributed by atoms with van der Waals surface area (Å²) in [5, 5.41) is 0.726. The number of carbonyl (C=O) groups excluding carboxylic acids is 1. The van der Waals surface area contributed by atoms with Gasteiger partial charge in [-0.05, 0) is 12.1 Å². The van der Waals surface area contributed by atoms with Crippen LogP contribution in [-0.4, -0.2) is 13.9 Å². The van der Waals surface area contributed by atoms with Crippen LogP contribution in [0.3, 0.4) is 0 Å². The van der Waals surface area contributed by atoms with Crippen molar-refractivity contribution in [2.24, 2.45) is 5.73 Å². The van der Waals surface area contributed by atoms with Gasteiger partial charge in [-0.2, -0.15) is 0 Å². The Labute approximate surface area is 112 Å². The lowest BCUT2D eigenvalue weighted by molar-refractivity contribution is 0.100. The zero-order valence-corrected chi connectivity index (χ0v) is 11.3. The molecule has 0 fully saturated rings. The topological polar surface area (TPSA) is 60.2 Å². The molecular formula is C13H12ClNO2Si. The fraction of sp³-hybridized carbons (Fsp3) is 0. The van der Waals surface area contributed by atoms with Gasteiger partial charge in [-0.25, -0.2) is 0 Å². The summed E-state index contributed by atoms with van der Waals surface area (Å²) < 4.78 is 10.6. The van der Waals surface area contributed by atoms with Gasteiger partial charge in [0, 0.05) is 10.8 Å². The van der Waals surface area contributed by atoms with Gasteiger partial charge < -0.3 is 10.2 Å². The molecule has 2 aromatic carbocycles. The average Bonchev–Trinajstić information content (AvgIpc) is 2.41. The van der Waals surface area contributed by atoms with E-state index in [0.717, 1.165) is 5.19 Å². The number of rotatable bonds is 2. The van der Waals surface area contributed by atoms with Gasteiger partial charge in [0.2, 0.25) is 5.91 Å². The van der Waals surface area contributed by atoms with E-state index < -0.39 is 7.99 Å². The van der Waals surface area contributed by atoms with Crippen LogP contribution in [0.15, 0.2) is 60.7 Å². The Kier molecular flexibility index (Phi) is 5.97. The molecule has 18 heavy (non-hydrogen) atoms. The molecule has 0 aliphatic rings. The monoisotopic (exact) mass is 277 g/mol. The van der Waals surface area contributed by atoms with Gasteiger partial charge in [0.1, 0.15) is 0 Å². The second-order valence-electron chi connectivity index (χ2n) is 3.37. The highest BCUT2D eigenvalue weighted by Crippen LogP contribution is 1.94. The van der Waals surface area contributed by atoms with Gasteiger partial charge >= 0.3 is 7.99 Å². The maximum atomic E-state index is 10.6. The summed E-state index contributed by atoms with van der Waals surface area (Å²) in [6.07, 6.45) is 0. The van der Waals surface area contributed by atoms with Crippen LogP contribution in [0, 0.1) is 0 Å². The second-order valence-corrected chi connectivity index (χ2v) is 5.52. The normalized spacial score (nSPS) is 8.94. The smallest absolute Gasteiger partial charge is 0.366 e. The molecule has 0 spiro atoms. The van der Waals surface area contributed by atoms with Crippen LogP contribution in [0.2, 0.25) is 0 Å². The van der Waals surface area contributed by atoms with Gasteiger partial charge in [0.05, 0.1) is 0 Å². The summed E-state index contributed by atoms with van der Waals surface area (Å²) in [6, 6.07) is 17.8. The van der Waals surface area contributed by atoms with Crippen LogP contribution in [0.1, 0.15) is 10.4 Å². The Morgan fingerprint density at radius 1 is 0.944 bits per heavy atom. The van der Waals surface area contributed by atoms with Crippen LogP contribution in [-0.2, 0) is 4.46 Å². The number of carbonyl (C=O) groups is 1. The lowest BCUT2D eigenvalue weighted by Gasteiger charge is -1.89. The Bertz CT molecular complexity index is 468. The van der Waals surface area contributed by atoms with Crippen LogP contribution in [0.5, 0.6) is 0 Å². The quantitative estimate of drug-likeness (QED) is 0.673. The minimum absolute atomic E-state index is 0.379. The van der Waals surface area contributed by atoms with Crippen molar-refractivity contribution in [3.8, 4) is 0 Å². The fourth-order valence-electron chi connectivity index (χ4n) is 1.17. The van der Waals surface area contributed by atoms with Gasteiger partial charge in [0.15, 0.2) is 0 Å². The highest BCUT2D eigenvalue weighted by molar-refractivity contribution is 7.05. The third-order valence-electron chi connectivity index (χ3n) is 2.06. The predicted molar refractivity (Wildman–Crippen MR) is 73.3 cm³/mol. The molecule has 2 N–H and O–H groups in total. The van der Waals surface area contributed by atoms with E-state index in [2.05, 4.69) is 0 Å². The lowest BCUT2D eigenvalue weighted by atomic mass is 10.2. The zero-order chi connectivity index (χ0) is 13.4. The van der Waals surface area contributed by atoms with Crippen LogP contribution in [0.25, 0.3) is 0 Å². The molecule has 3 nitrogen and oxygen atoms in total. The summed E-state index contributed by atoms with van der Waals surface area (Å²) in [7, 11) is -1.99. The summed E-state index contributed by atoms with van der Waals surface area (Å²) in [5.41, 5.74) is 5.53. The van der Waals surface area contributed by atoms with Gasteiger partial charge in [-0.15, -0.1) is 0 Å². The van der Waals surface area contributed by atoms with Crippen molar-refractivity contribution < 1.29 is 9.26 Å². The first-order valence-corrected chi connectivity index (χ1v) is 7.63. The van der Waals surface area contributed by atoms with E-state index >= 15 is 0 Å². The molecule has 5 heteroatoms. The molecule has 0 unspecified atom stereocenters. The van der Waals surface area contributed by atoms with E-state index in [-0.39, 0.29) is 5.91 Å². The maximum Gasteiger partial charge on any atom is 0.419 e. The third kappa shape index (κ3) is 5.03. The third-order valence-corrected chi connectivity index (χ3v) is 3.50. The first-order chi connectivity index (χ1) is 8.61. The van der Waals surface area contributed by atoms with E-state index in [1.807, 2.05) is 24.3 Å². The molecule has 0 aliphatic heterocycles. The SMILES string of the molecule is NC(=O)c1ccccc1.O=[Si](Cl)c1ccccc1. The molecule has 2 rings (SSSR count). The molecule has 0 aliphatic carbocycles. The number of hydrogen-bond acceptors (Lipinski definition) is 2. The van der Waals surface area contributed by atoms with Crippen LogP contribution >= 0.6 is 11.1 Å². The average molecular weight is 278 g/mol. The molecule has 0 bridgehead atoms. The number of nitrogens with two attached hydrogens (primary N) is 1. The Morgan fingerprint density at radius 2 is 1.39 bits per heavy atom. The van der Waals surface area contributed by atoms with Crippen molar-refractivity contribution in [3.63, 3.8) is 0 Å². The summed E-state index contributed by atoms with van der Waals surface area (Å²) in [5.74, 6) is -0.379. The highest BCUT2D eigenvalue weighted by atomic mass is 35.6. The van der Waals surface area contributed by atoms with Crippen molar-refractivity contribution in [2.45, 2.75) is 0 Å². The Balaban J connectivity index is 0.000000180. The zero-order valence-electron chi connectivity index (χ0n) is 9.55. The summed E-state index contributed by atoms with van der Waals surface area (Å²) in [4.78, 5) is 10.4. The Morgan fingerprint density at radius 3 is 1.67 bits per heavy atom. The maximum absolute atomic E-state index is 10.6. The molecule has 0 heterocycles. The highest BCUT2D eigenvalue weighted by Gasteiger charge is 2.00. The van der Waals surface area contributed by atoms with Crippen molar-refractivity contribution in [1.82, 2.24) is 0 Å². The minimum Gasteiger partial charge on any atom is -0.366 e. The predicted octanol–water partition coefficient (Wildman–Crippen LogP) is 1.84. The molecule has 0 atom stereocenters. The van der Waals surface area contributed by atoms with Crippen molar-refractivity contribution in [3.05, 3.63) is 66.2 Å². The van der Waals surface area contributed by atoms with E-state index in [1.54, 1.807) is 36.4 Å². The first-order valence-electron chi connectivity index (χ1n) is 5.21. The van der Waals surface area contributed by atoms with E-state index in [0.29, 0.717) is 5.56 Å². The largest absolute Gasteiger partial charge is 0.419 e. The fourth-order valence-corrected chi connectivity index (χ4v) is 2.00. The molecule has 0 radical (unpaired) electrons. The molecule has 0 aromatic heterocycles. The van der Waals surface area contributed by atoms with Gasteiger partial charge in [-0.3, -0.25) is 4.79 Å². The minimum atomic E-state index is -1.99. The number of hydrogen-bond donors (Lipinski definition) is 1. The van der Waals surface area contributed by atoms with Crippen molar-refractivity contribution in [1.29, 1.82) is 0 Å². The number of amides is 1.